The third-order valence-corrected chi connectivity index (χ3v) is 4.53. The SMILES string of the molecule is COC(=O)CC1CCCCN1CC1Cc2ccccc2O1. The fourth-order valence-corrected chi connectivity index (χ4v) is 3.42. The summed E-state index contributed by atoms with van der Waals surface area (Å²) in [5, 5.41) is 0. The molecule has 2 aliphatic rings. The first-order chi connectivity index (χ1) is 10.3. The van der Waals surface area contributed by atoms with Crippen molar-refractivity contribution in [1.29, 1.82) is 0 Å². The molecule has 1 fully saturated rings. The number of carbonyl (C=O) groups is 1. The maximum Gasteiger partial charge on any atom is 0.307 e. The second kappa shape index (κ2) is 6.48. The summed E-state index contributed by atoms with van der Waals surface area (Å²) in [5.41, 5.74) is 1.30. The number of fused-ring (bicyclic) bond motifs is 1. The Morgan fingerprint density at radius 3 is 3.05 bits per heavy atom. The van der Waals surface area contributed by atoms with Crippen LogP contribution >= 0.6 is 0 Å². The van der Waals surface area contributed by atoms with Gasteiger partial charge in [0.05, 0.1) is 13.5 Å². The molecule has 0 aromatic heterocycles. The van der Waals surface area contributed by atoms with E-state index in [4.69, 9.17) is 9.47 Å². The molecule has 2 unspecified atom stereocenters. The molecule has 1 aromatic carbocycles. The van der Waals surface area contributed by atoms with E-state index in [1.54, 1.807) is 0 Å². The molecule has 0 N–H and O–H groups in total. The van der Waals surface area contributed by atoms with Crippen molar-refractivity contribution in [1.82, 2.24) is 4.90 Å². The molecule has 0 saturated carbocycles. The Labute approximate surface area is 126 Å². The van der Waals surface area contributed by atoms with Gasteiger partial charge in [-0.15, -0.1) is 0 Å². The topological polar surface area (TPSA) is 38.8 Å². The Kier molecular flexibility index (Phi) is 4.44. The van der Waals surface area contributed by atoms with Gasteiger partial charge in [-0.2, -0.15) is 0 Å². The highest BCUT2D eigenvalue weighted by Crippen LogP contribution is 2.30. The lowest BCUT2D eigenvalue weighted by Gasteiger charge is -2.36. The smallest absolute Gasteiger partial charge is 0.307 e. The Hall–Kier alpha value is -1.55. The normalized spacial score (nSPS) is 25.2. The molecule has 0 bridgehead atoms. The van der Waals surface area contributed by atoms with Crippen molar-refractivity contribution in [3.63, 3.8) is 0 Å². The Morgan fingerprint density at radius 2 is 2.24 bits per heavy atom. The van der Waals surface area contributed by atoms with Gasteiger partial charge in [-0.05, 0) is 31.0 Å². The quantitative estimate of drug-likeness (QED) is 0.798. The summed E-state index contributed by atoms with van der Waals surface area (Å²) >= 11 is 0. The highest BCUT2D eigenvalue weighted by atomic mass is 16.5. The Bertz CT molecular complexity index is 478. The molecule has 0 radical (unpaired) electrons. The van der Waals surface area contributed by atoms with Gasteiger partial charge in [-0.25, -0.2) is 0 Å². The second-order valence-corrected chi connectivity index (χ2v) is 5.98. The van der Waals surface area contributed by atoms with E-state index in [1.165, 1.54) is 25.5 Å². The first-order valence-electron chi connectivity index (χ1n) is 7.81. The number of ether oxygens (including phenoxy) is 2. The number of likely N-dealkylation sites (tertiary alicyclic amines) is 1. The second-order valence-electron chi connectivity index (χ2n) is 5.98. The third kappa shape index (κ3) is 3.38. The van der Waals surface area contributed by atoms with Crippen LogP contribution in [0.15, 0.2) is 24.3 Å². The van der Waals surface area contributed by atoms with Gasteiger partial charge < -0.3 is 9.47 Å². The minimum atomic E-state index is -0.109. The lowest BCUT2D eigenvalue weighted by molar-refractivity contribution is -0.142. The summed E-state index contributed by atoms with van der Waals surface area (Å²) in [6.45, 7) is 1.95. The van der Waals surface area contributed by atoms with Crippen molar-refractivity contribution in [2.24, 2.45) is 0 Å². The van der Waals surface area contributed by atoms with Crippen LogP contribution in [0, 0.1) is 0 Å². The number of piperidine rings is 1. The molecule has 114 valence electrons. The van der Waals surface area contributed by atoms with E-state index in [0.717, 1.165) is 31.7 Å². The van der Waals surface area contributed by atoms with Gasteiger partial charge in [0.2, 0.25) is 0 Å². The molecule has 2 atom stereocenters. The van der Waals surface area contributed by atoms with Gasteiger partial charge >= 0.3 is 5.97 Å². The van der Waals surface area contributed by atoms with Gasteiger partial charge in [-0.3, -0.25) is 9.69 Å². The van der Waals surface area contributed by atoms with E-state index < -0.39 is 0 Å². The fourth-order valence-electron chi connectivity index (χ4n) is 3.42. The lowest BCUT2D eigenvalue weighted by atomic mass is 9.98. The Balaban J connectivity index is 1.59. The average molecular weight is 289 g/mol. The number of hydrogen-bond acceptors (Lipinski definition) is 4. The highest BCUT2D eigenvalue weighted by molar-refractivity contribution is 5.69. The van der Waals surface area contributed by atoms with E-state index in [2.05, 4.69) is 17.0 Å². The zero-order valence-electron chi connectivity index (χ0n) is 12.6. The molecule has 0 spiro atoms. The van der Waals surface area contributed by atoms with Crippen molar-refractivity contribution in [3.8, 4) is 5.75 Å². The van der Waals surface area contributed by atoms with E-state index in [-0.39, 0.29) is 12.1 Å². The van der Waals surface area contributed by atoms with Crippen LogP contribution in [0.2, 0.25) is 0 Å². The molecule has 1 aromatic rings. The van der Waals surface area contributed by atoms with Crippen molar-refractivity contribution >= 4 is 5.97 Å². The van der Waals surface area contributed by atoms with Crippen LogP contribution < -0.4 is 4.74 Å². The number of methoxy groups -OCH3 is 1. The van der Waals surface area contributed by atoms with Gasteiger partial charge in [0.1, 0.15) is 11.9 Å². The molecule has 2 aliphatic heterocycles. The van der Waals surface area contributed by atoms with Crippen LogP contribution in [0.5, 0.6) is 5.75 Å². The summed E-state index contributed by atoms with van der Waals surface area (Å²) in [4.78, 5) is 14.0. The first kappa shape index (κ1) is 14.4. The third-order valence-electron chi connectivity index (χ3n) is 4.53. The number of benzene rings is 1. The number of hydrogen-bond donors (Lipinski definition) is 0. The molecular weight excluding hydrogens is 266 g/mol. The van der Waals surface area contributed by atoms with Crippen LogP contribution in [0.25, 0.3) is 0 Å². The Morgan fingerprint density at radius 1 is 1.38 bits per heavy atom. The molecule has 2 heterocycles. The van der Waals surface area contributed by atoms with Crippen molar-refractivity contribution in [2.45, 2.75) is 44.2 Å². The molecule has 0 amide bonds. The van der Waals surface area contributed by atoms with Crippen LogP contribution in [0.4, 0.5) is 0 Å². The monoisotopic (exact) mass is 289 g/mol. The fraction of sp³-hybridized carbons (Fsp3) is 0.588. The van der Waals surface area contributed by atoms with Gasteiger partial charge in [0.15, 0.2) is 0 Å². The van der Waals surface area contributed by atoms with Crippen LogP contribution in [-0.2, 0) is 16.0 Å². The number of nitrogens with zero attached hydrogens (tertiary/aromatic N) is 1. The maximum atomic E-state index is 11.6. The van der Waals surface area contributed by atoms with Crippen LogP contribution in [0.1, 0.15) is 31.2 Å². The maximum absolute atomic E-state index is 11.6. The van der Waals surface area contributed by atoms with E-state index in [0.29, 0.717) is 12.5 Å². The molecule has 21 heavy (non-hydrogen) atoms. The summed E-state index contributed by atoms with van der Waals surface area (Å²) in [7, 11) is 1.46. The van der Waals surface area contributed by atoms with Crippen molar-refractivity contribution in [3.05, 3.63) is 29.8 Å². The molecule has 4 nitrogen and oxygen atoms in total. The lowest BCUT2D eigenvalue weighted by Crippen LogP contribution is -2.45. The van der Waals surface area contributed by atoms with Crippen LogP contribution in [0.3, 0.4) is 0 Å². The minimum Gasteiger partial charge on any atom is -0.488 e. The predicted octanol–water partition coefficient (Wildman–Crippen LogP) is 2.41. The van der Waals surface area contributed by atoms with Gasteiger partial charge in [0.25, 0.3) is 0 Å². The zero-order valence-corrected chi connectivity index (χ0v) is 12.6. The number of esters is 1. The highest BCUT2D eigenvalue weighted by Gasteiger charge is 2.30. The summed E-state index contributed by atoms with van der Waals surface area (Å²) in [6.07, 6.45) is 5.16. The minimum absolute atomic E-state index is 0.109. The van der Waals surface area contributed by atoms with Crippen molar-refractivity contribution < 1.29 is 14.3 Å². The predicted molar refractivity (Wildman–Crippen MR) is 80.4 cm³/mol. The molecule has 3 rings (SSSR count). The average Bonchev–Trinajstić information content (AvgIpc) is 2.91. The molecule has 0 aliphatic carbocycles. The molecular formula is C17H23NO3. The largest absolute Gasteiger partial charge is 0.488 e. The molecule has 4 heteroatoms. The van der Waals surface area contributed by atoms with E-state index >= 15 is 0 Å². The van der Waals surface area contributed by atoms with Gasteiger partial charge in [0, 0.05) is 19.0 Å². The zero-order chi connectivity index (χ0) is 14.7. The standard InChI is InChI=1S/C17H23NO3/c1-20-17(19)11-14-7-4-5-9-18(14)12-15-10-13-6-2-3-8-16(13)21-15/h2-3,6,8,14-15H,4-5,7,9-12H2,1H3. The summed E-state index contributed by atoms with van der Waals surface area (Å²) < 4.78 is 10.9. The molecule has 1 saturated heterocycles. The van der Waals surface area contributed by atoms with E-state index in [9.17, 15) is 4.79 Å². The van der Waals surface area contributed by atoms with E-state index in [1.807, 2.05) is 12.1 Å². The van der Waals surface area contributed by atoms with Crippen LogP contribution in [-0.4, -0.2) is 43.2 Å². The number of rotatable bonds is 4. The van der Waals surface area contributed by atoms with Crippen molar-refractivity contribution in [2.75, 3.05) is 20.2 Å². The number of carbonyl (C=O) groups excluding carboxylic acids is 1. The summed E-state index contributed by atoms with van der Waals surface area (Å²) in [6, 6.07) is 8.56. The van der Waals surface area contributed by atoms with Gasteiger partial charge in [-0.1, -0.05) is 24.6 Å². The first-order valence-corrected chi connectivity index (χ1v) is 7.81. The summed E-state index contributed by atoms with van der Waals surface area (Å²) in [5.74, 6) is 0.909. The number of para-hydroxylation sites is 1.